The van der Waals surface area contributed by atoms with Gasteiger partial charge in [-0.25, -0.2) is 9.14 Å². The lowest BCUT2D eigenvalue weighted by Gasteiger charge is -1.99. The summed E-state index contributed by atoms with van der Waals surface area (Å²) in [6.07, 6.45) is 18.2. The summed E-state index contributed by atoms with van der Waals surface area (Å²) in [5, 5.41) is 1.33. The van der Waals surface area contributed by atoms with E-state index in [4.69, 9.17) is 0 Å². The summed E-state index contributed by atoms with van der Waals surface area (Å²) in [7, 11) is 23.2. The van der Waals surface area contributed by atoms with Gasteiger partial charge in [-0.1, -0.05) is 12.1 Å². The summed E-state index contributed by atoms with van der Waals surface area (Å²) < 4.78 is 24.4. The van der Waals surface area contributed by atoms with E-state index in [-0.39, 0.29) is 0 Å². The van der Waals surface area contributed by atoms with Crippen LogP contribution in [0.15, 0.2) is 98.0 Å². The van der Waals surface area contributed by atoms with E-state index in [9.17, 15) is 0 Å². The highest BCUT2D eigenvalue weighted by atomic mass is 15.2. The van der Waals surface area contributed by atoms with Crippen LogP contribution in [0.5, 0.6) is 0 Å². The number of para-hydroxylation sites is 1. The molecule has 334 valence electrons. The molecule has 0 unspecified atom stereocenters. The first-order valence-corrected chi connectivity index (χ1v) is 22.9. The minimum Gasteiger partial charge on any atom is -0.207 e. The van der Waals surface area contributed by atoms with E-state index >= 15 is 0 Å². The largest absolute Gasteiger partial charge is 0.447 e. The number of fused-ring (bicyclic) bond motifs is 6. The number of hydrogen-bond acceptors (Lipinski definition) is 0. The van der Waals surface area contributed by atoms with Gasteiger partial charge in [-0.05, 0) is 18.2 Å². The van der Waals surface area contributed by atoms with Gasteiger partial charge in [0.2, 0.25) is 11.2 Å². The van der Waals surface area contributed by atoms with E-state index in [2.05, 4.69) is 260 Å². The van der Waals surface area contributed by atoms with Crippen molar-refractivity contribution in [1.82, 2.24) is 0 Å². The fourth-order valence-corrected chi connectivity index (χ4v) is 9.78. The maximum Gasteiger partial charge on any atom is 0.447 e. The molecule has 5 aliphatic heterocycles. The van der Waals surface area contributed by atoms with Crippen molar-refractivity contribution in [2.24, 2.45) is 42.3 Å². The van der Waals surface area contributed by atoms with Gasteiger partial charge in [0, 0.05) is 64.3 Å². The Morgan fingerprint density at radius 1 is 0.385 bits per heavy atom. The number of pyridine rings is 4. The molecule has 0 spiro atoms. The topological polar surface area (TPSA) is 38.3 Å². The Morgan fingerprint density at radius 3 is 1.60 bits per heavy atom. The molecule has 65 heavy (non-hydrogen) atoms. The predicted octanol–water partition coefficient (Wildman–Crippen LogP) is 3.99. The molecule has 0 N–H and O–H groups in total. The molecule has 11 nitrogen and oxygen atoms in total. The standard InChI is InChI=1S/C14H16N2.C10H16N3.3C10H14N2/c1-10-8-12-9-11-6-4-5-7-13(11)16(3)14(12)15(10)2;1-8-5-9-10(13(8)4)6-11(2)7-12(9)3;1-8-6-9-7-11(2)5-4-10(9)12(8)3;1-8-7-10-9(12(8)3)5-4-6-11(10)2;1-8-7-9-5-4-6-11(2)10(9)12(8)3/h4-7,9H,8H2,1-3H3;6-7H,5H2,1-4H3;4-5,7H,6H2,1-3H3;2*4-6H,7H2,1-3H3/q+2;+3;3*+2. The first kappa shape index (κ1) is 46.5. The number of nitrogens with zero attached hydrogens (tertiary/aromatic N) is 11. The highest BCUT2D eigenvalue weighted by molar-refractivity contribution is 5.87. The van der Waals surface area contributed by atoms with E-state index in [0.29, 0.717) is 0 Å². The van der Waals surface area contributed by atoms with Crippen molar-refractivity contribution in [3.8, 4) is 0 Å². The van der Waals surface area contributed by atoms with Crippen molar-refractivity contribution in [3.05, 3.63) is 126 Å². The highest BCUT2D eigenvalue weighted by Gasteiger charge is 2.37. The summed E-state index contributed by atoms with van der Waals surface area (Å²) >= 11 is 0. The van der Waals surface area contributed by atoms with Gasteiger partial charge >= 0.3 is 23.7 Å². The van der Waals surface area contributed by atoms with Gasteiger partial charge in [-0.3, -0.25) is 0 Å². The van der Waals surface area contributed by atoms with Crippen LogP contribution in [0.25, 0.3) is 10.9 Å². The van der Waals surface area contributed by atoms with Crippen molar-refractivity contribution in [1.29, 1.82) is 0 Å². The molecule has 0 saturated heterocycles. The monoisotopic (exact) mass is 877 g/mol. The maximum absolute atomic E-state index is 2.32. The fourth-order valence-electron chi connectivity index (χ4n) is 9.78. The van der Waals surface area contributed by atoms with Crippen LogP contribution in [0.4, 0.5) is 28.7 Å². The Kier molecular flexibility index (Phi) is 13.5. The minimum absolute atomic E-state index is 1.07. The van der Waals surface area contributed by atoms with Gasteiger partial charge in [0.05, 0.1) is 30.9 Å². The molecule has 10 heterocycles. The van der Waals surface area contributed by atoms with Crippen LogP contribution in [-0.2, 0) is 74.4 Å². The fraction of sp³-hybridized carbons (Fsp3) is 0.389. The molecule has 6 aromatic rings. The van der Waals surface area contributed by atoms with Gasteiger partial charge in [0.1, 0.15) is 101 Å². The summed E-state index contributed by atoms with van der Waals surface area (Å²) in [4.78, 5) is 0. The molecular weight excluding hydrogens is 803 g/mol. The molecule has 0 fully saturated rings. The number of benzene rings is 1. The molecule has 0 saturated carbocycles. The van der Waals surface area contributed by atoms with Crippen LogP contribution in [0.1, 0.15) is 62.7 Å². The third-order valence-electron chi connectivity index (χ3n) is 14.1. The summed E-state index contributed by atoms with van der Waals surface area (Å²) in [5.41, 5.74) is 19.5. The van der Waals surface area contributed by atoms with Crippen LogP contribution in [0, 0.1) is 0 Å². The number of aromatic nitrogens is 6. The second-order valence-corrected chi connectivity index (χ2v) is 18.8. The molecule has 5 aliphatic rings. The molecule has 0 radical (unpaired) electrons. The van der Waals surface area contributed by atoms with E-state index < -0.39 is 0 Å². The van der Waals surface area contributed by atoms with Crippen LogP contribution < -0.4 is 27.4 Å². The molecule has 5 aromatic heterocycles. The van der Waals surface area contributed by atoms with Crippen molar-refractivity contribution in [2.75, 3.05) is 35.2 Å². The lowest BCUT2D eigenvalue weighted by atomic mass is 10.1. The minimum atomic E-state index is 1.07. The molecule has 0 atom stereocenters. The zero-order chi connectivity index (χ0) is 47.0. The van der Waals surface area contributed by atoms with E-state index in [1.807, 2.05) is 0 Å². The SMILES string of the molecule is CC1=[N+](C)c2c(cc3ccccc3[n+]2C)C1.CC1=[N+](C)c2c(ccc[n+]2C)C1.CC1=[N+](C)c2c[n+](C)c[n+](C)c2C1.CC1=[N+](C)c2cc[n+](C)cc2C1.CC1=[N+](C)c2ccc[n+](C)c2C1. The lowest BCUT2D eigenvalue weighted by Crippen LogP contribution is -2.44. The molecule has 11 rings (SSSR count). The Hall–Kier alpha value is -6.49. The Morgan fingerprint density at radius 2 is 0.923 bits per heavy atom. The van der Waals surface area contributed by atoms with E-state index in [0.717, 1.165) is 32.1 Å². The first-order valence-electron chi connectivity index (χ1n) is 22.9. The van der Waals surface area contributed by atoms with Gasteiger partial charge in [-0.15, -0.1) is 27.4 Å². The van der Waals surface area contributed by atoms with Crippen molar-refractivity contribution in [3.63, 3.8) is 0 Å². The molecular formula is C54H74N11+11. The number of rotatable bonds is 0. The number of hydrogen-bond donors (Lipinski definition) is 0. The van der Waals surface area contributed by atoms with Crippen LogP contribution in [0.3, 0.4) is 0 Å². The smallest absolute Gasteiger partial charge is 0.207 e. The first-order chi connectivity index (χ1) is 30.9. The molecule has 1 aromatic carbocycles. The van der Waals surface area contributed by atoms with Crippen LogP contribution in [-0.4, -0.2) is 86.7 Å². The lowest BCUT2D eigenvalue weighted by molar-refractivity contribution is -0.810. The second kappa shape index (κ2) is 18.9. The maximum atomic E-state index is 2.32. The average Bonchev–Trinajstić information content (AvgIpc) is 4.01. The van der Waals surface area contributed by atoms with Gasteiger partial charge in [0.25, 0.3) is 23.3 Å². The summed E-state index contributed by atoms with van der Waals surface area (Å²) in [6, 6.07) is 21.6. The Bertz CT molecular complexity index is 3070. The van der Waals surface area contributed by atoms with Crippen LogP contribution in [0.2, 0.25) is 0 Å². The van der Waals surface area contributed by atoms with Gasteiger partial charge in [-0.2, -0.15) is 13.7 Å². The van der Waals surface area contributed by atoms with Crippen molar-refractivity contribution < 1.29 is 50.3 Å². The second-order valence-electron chi connectivity index (χ2n) is 18.8. The zero-order valence-corrected chi connectivity index (χ0v) is 42.2. The highest BCUT2D eigenvalue weighted by Crippen LogP contribution is 2.26. The van der Waals surface area contributed by atoms with Crippen molar-refractivity contribution >= 4 is 68.2 Å². The van der Waals surface area contributed by atoms with Gasteiger partial charge in [0.15, 0.2) is 53.3 Å². The predicted molar refractivity (Wildman–Crippen MR) is 258 cm³/mol. The summed E-state index contributed by atoms with van der Waals surface area (Å²) in [5.74, 6) is 2.66. The molecule has 11 heteroatoms. The molecule has 0 aliphatic carbocycles. The van der Waals surface area contributed by atoms with E-state index in [1.54, 1.807) is 0 Å². The quantitative estimate of drug-likeness (QED) is 0.208. The average molecular weight is 877 g/mol. The zero-order valence-electron chi connectivity index (χ0n) is 42.2. The number of aryl methyl sites for hydroxylation is 6. The van der Waals surface area contributed by atoms with E-state index in [1.165, 1.54) is 96.2 Å². The van der Waals surface area contributed by atoms with Crippen LogP contribution >= 0.6 is 0 Å². The van der Waals surface area contributed by atoms with Gasteiger partial charge < -0.3 is 0 Å². The Balaban J connectivity index is 0.000000122. The third-order valence-corrected chi connectivity index (χ3v) is 14.1. The molecule has 0 bridgehead atoms. The Labute approximate surface area is 387 Å². The molecule has 0 amide bonds. The normalized spacial score (nSPS) is 15.1. The summed E-state index contributed by atoms with van der Waals surface area (Å²) in [6.45, 7) is 10.9. The third kappa shape index (κ3) is 9.37. The van der Waals surface area contributed by atoms with Crippen molar-refractivity contribution in [2.45, 2.75) is 66.7 Å².